The Kier molecular flexibility index (Phi) is 11.3. The van der Waals surface area contributed by atoms with Crippen LogP contribution in [0.1, 0.15) is 57.8 Å². The standard InChI is InChI=1S/C15H28N2.2ClH.Ti/c1-16-14-9-5-3-7-12(14)11-13-8-4-6-10-15(13)17-2;;;/h12-15H,3-11H2,1-2H3;2*1H;/q-2;;;+2/p-2. The van der Waals surface area contributed by atoms with E-state index in [1.54, 1.807) is 0 Å². The Morgan fingerprint density at radius 2 is 1.15 bits per heavy atom. The molecule has 0 radical (unpaired) electrons. The molecule has 118 valence electrons. The molecule has 5 heteroatoms. The second-order valence-corrected chi connectivity index (χ2v) is 8.63. The topological polar surface area (TPSA) is 28.2 Å². The average Bonchev–Trinajstić information content (AvgIpc) is 2.49. The molecular weight excluding hydrogens is 327 g/mol. The summed E-state index contributed by atoms with van der Waals surface area (Å²) in [5.74, 6) is 1.72. The van der Waals surface area contributed by atoms with Gasteiger partial charge in [0.25, 0.3) is 0 Å². The van der Waals surface area contributed by atoms with Crippen LogP contribution in [-0.2, 0) is 17.0 Å². The molecule has 20 heavy (non-hydrogen) atoms. The van der Waals surface area contributed by atoms with Gasteiger partial charge >= 0.3 is 35.6 Å². The van der Waals surface area contributed by atoms with Crippen molar-refractivity contribution in [1.29, 1.82) is 0 Å². The third kappa shape index (κ3) is 6.54. The minimum absolute atomic E-state index is 0.556. The van der Waals surface area contributed by atoms with E-state index in [0.717, 1.165) is 11.8 Å². The molecule has 0 aliphatic heterocycles. The monoisotopic (exact) mass is 354 g/mol. The zero-order valence-corrected chi connectivity index (χ0v) is 15.9. The Labute approximate surface area is 141 Å². The van der Waals surface area contributed by atoms with Gasteiger partial charge in [0.1, 0.15) is 0 Å². The van der Waals surface area contributed by atoms with Crippen molar-refractivity contribution in [1.82, 2.24) is 0 Å². The fraction of sp³-hybridized carbons (Fsp3) is 1.00. The summed E-state index contributed by atoms with van der Waals surface area (Å²) in [4.78, 5) is 0. The zero-order valence-electron chi connectivity index (χ0n) is 12.8. The second kappa shape index (κ2) is 11.7. The van der Waals surface area contributed by atoms with Gasteiger partial charge < -0.3 is 10.6 Å². The molecule has 4 atom stereocenters. The Morgan fingerprint density at radius 1 is 0.800 bits per heavy atom. The Hall–Kier alpha value is 1.21. The predicted octanol–water partition coefficient (Wildman–Crippen LogP) is 5.88. The maximum atomic E-state index is 4.89. The fourth-order valence-corrected chi connectivity index (χ4v) is 3.99. The first kappa shape index (κ1) is 19.3. The van der Waals surface area contributed by atoms with Crippen LogP contribution in [0.5, 0.6) is 0 Å². The van der Waals surface area contributed by atoms with Gasteiger partial charge in [0.15, 0.2) is 0 Å². The Bertz CT molecular complexity index is 222. The van der Waals surface area contributed by atoms with Gasteiger partial charge in [-0.1, -0.05) is 69.6 Å². The number of rotatable bonds is 4. The molecule has 2 saturated carbocycles. The molecule has 2 aliphatic rings. The van der Waals surface area contributed by atoms with E-state index in [0.29, 0.717) is 12.1 Å². The van der Waals surface area contributed by atoms with Gasteiger partial charge in [0.2, 0.25) is 0 Å². The SMILES string of the molecule is C[N-]C1CCCCC1CC1CCCCC1[N-]C.[Cl][Ti][Cl]. The van der Waals surface area contributed by atoms with Crippen molar-refractivity contribution in [3.8, 4) is 0 Å². The van der Waals surface area contributed by atoms with Gasteiger partial charge in [0.05, 0.1) is 0 Å². The van der Waals surface area contributed by atoms with E-state index in [4.69, 9.17) is 18.6 Å². The normalized spacial score (nSPS) is 34.0. The molecule has 2 fully saturated rings. The molecule has 0 N–H and O–H groups in total. The zero-order chi connectivity index (χ0) is 14.8. The number of nitrogens with zero attached hydrogens (tertiary/aromatic N) is 2. The van der Waals surface area contributed by atoms with Crippen LogP contribution >= 0.6 is 18.6 Å². The third-order valence-corrected chi connectivity index (χ3v) is 5.01. The molecule has 0 bridgehead atoms. The van der Waals surface area contributed by atoms with E-state index in [-0.39, 0.29) is 0 Å². The van der Waals surface area contributed by atoms with Crippen LogP contribution in [0.2, 0.25) is 0 Å². The minimum atomic E-state index is -0.556. The Morgan fingerprint density at radius 3 is 1.50 bits per heavy atom. The number of hydrogen-bond donors (Lipinski definition) is 0. The summed E-state index contributed by atoms with van der Waals surface area (Å²) in [6.07, 6.45) is 12.5. The summed E-state index contributed by atoms with van der Waals surface area (Å²) >= 11 is -0.556. The summed E-state index contributed by atoms with van der Waals surface area (Å²) in [7, 11) is 13.8. The first-order valence-electron chi connectivity index (χ1n) is 7.90. The third-order valence-electron chi connectivity index (χ3n) is 5.01. The molecule has 0 heterocycles. The molecular formula is C15H28Cl2N2Ti-2. The first-order chi connectivity index (χ1) is 9.76. The van der Waals surface area contributed by atoms with Crippen molar-refractivity contribution in [2.24, 2.45) is 11.8 Å². The molecule has 4 unspecified atom stereocenters. The van der Waals surface area contributed by atoms with Crippen LogP contribution in [0, 0.1) is 11.8 Å². The van der Waals surface area contributed by atoms with Gasteiger partial charge in [-0.3, -0.25) is 0 Å². The fourth-order valence-electron chi connectivity index (χ4n) is 3.99. The van der Waals surface area contributed by atoms with E-state index in [1.165, 1.54) is 57.8 Å². The van der Waals surface area contributed by atoms with Gasteiger partial charge in [-0.05, 0) is 0 Å². The van der Waals surface area contributed by atoms with E-state index >= 15 is 0 Å². The van der Waals surface area contributed by atoms with Crippen molar-refractivity contribution >= 4 is 18.6 Å². The molecule has 0 aromatic carbocycles. The summed E-state index contributed by atoms with van der Waals surface area (Å²) in [5.41, 5.74) is 0. The molecule has 0 aromatic heterocycles. The van der Waals surface area contributed by atoms with Crippen LogP contribution in [0.3, 0.4) is 0 Å². The first-order valence-corrected chi connectivity index (χ1v) is 12.2. The second-order valence-electron chi connectivity index (χ2n) is 6.05. The van der Waals surface area contributed by atoms with Crippen molar-refractivity contribution in [3.63, 3.8) is 0 Å². The quantitative estimate of drug-likeness (QED) is 0.564. The van der Waals surface area contributed by atoms with Crippen molar-refractivity contribution in [2.75, 3.05) is 14.1 Å². The van der Waals surface area contributed by atoms with Crippen LogP contribution < -0.4 is 0 Å². The van der Waals surface area contributed by atoms with Crippen molar-refractivity contribution in [3.05, 3.63) is 10.6 Å². The number of halogens is 2. The summed E-state index contributed by atoms with van der Waals surface area (Å²) in [6.45, 7) is 0. The van der Waals surface area contributed by atoms with Gasteiger partial charge in [-0.15, -0.1) is 12.1 Å². The van der Waals surface area contributed by atoms with Crippen LogP contribution in [-0.4, -0.2) is 26.2 Å². The van der Waals surface area contributed by atoms with Crippen LogP contribution in [0.4, 0.5) is 0 Å². The summed E-state index contributed by atoms with van der Waals surface area (Å²) in [6, 6.07) is 1.31. The van der Waals surface area contributed by atoms with E-state index in [9.17, 15) is 0 Å². The van der Waals surface area contributed by atoms with Crippen LogP contribution in [0.25, 0.3) is 10.6 Å². The van der Waals surface area contributed by atoms with E-state index < -0.39 is 17.0 Å². The molecule has 2 rings (SSSR count). The van der Waals surface area contributed by atoms with Crippen molar-refractivity contribution in [2.45, 2.75) is 69.9 Å². The molecule has 0 saturated heterocycles. The van der Waals surface area contributed by atoms with Gasteiger partial charge in [0, 0.05) is 0 Å². The predicted molar refractivity (Wildman–Crippen MR) is 86.4 cm³/mol. The maximum absolute atomic E-state index is 4.89. The van der Waals surface area contributed by atoms with Gasteiger partial charge in [-0.25, -0.2) is 0 Å². The summed E-state index contributed by atoms with van der Waals surface area (Å²) in [5, 5.41) is 9.23. The molecule has 2 nitrogen and oxygen atoms in total. The molecule has 2 aliphatic carbocycles. The van der Waals surface area contributed by atoms with E-state index in [2.05, 4.69) is 10.6 Å². The Balaban J connectivity index is 0.000000612. The summed E-state index contributed by atoms with van der Waals surface area (Å²) < 4.78 is 0. The molecule has 0 spiro atoms. The molecule has 0 aromatic rings. The van der Waals surface area contributed by atoms with Crippen LogP contribution in [0.15, 0.2) is 0 Å². The van der Waals surface area contributed by atoms with E-state index in [1.807, 2.05) is 14.1 Å². The number of hydrogen-bond acceptors (Lipinski definition) is 0. The van der Waals surface area contributed by atoms with Crippen molar-refractivity contribution < 1.29 is 17.0 Å². The average molecular weight is 355 g/mol. The van der Waals surface area contributed by atoms with Gasteiger partial charge in [-0.2, -0.15) is 14.1 Å². The molecule has 0 amide bonds.